The average Bonchev–Trinajstić information content (AvgIpc) is 2.46. The molecule has 3 N–H and O–H groups in total. The Bertz CT molecular complexity index is 469. The van der Waals surface area contributed by atoms with Crippen LogP contribution in [0.5, 0.6) is 0 Å². The predicted octanol–water partition coefficient (Wildman–Crippen LogP) is 2.92. The molecule has 2 rings (SSSR count). The lowest BCUT2D eigenvalue weighted by Gasteiger charge is -2.44. The van der Waals surface area contributed by atoms with Crippen molar-refractivity contribution in [2.24, 2.45) is 16.6 Å². The van der Waals surface area contributed by atoms with Crippen molar-refractivity contribution in [2.45, 2.75) is 38.1 Å². The number of nitrogens with two attached hydrogens (primary N) is 1. The third-order valence-electron chi connectivity index (χ3n) is 4.61. The van der Waals surface area contributed by atoms with Gasteiger partial charge < -0.3 is 16.0 Å². The fourth-order valence-electron chi connectivity index (χ4n) is 3.26. The quantitative estimate of drug-likeness (QED) is 0.661. The van der Waals surface area contributed by atoms with E-state index in [-0.39, 0.29) is 5.54 Å². The molecule has 116 valence electrons. The van der Waals surface area contributed by atoms with Crippen LogP contribution in [0.25, 0.3) is 0 Å². The molecule has 0 spiro atoms. The number of nitrogens with zero attached hydrogens (tertiary/aromatic N) is 2. The first-order chi connectivity index (χ1) is 10.0. The number of anilines is 1. The molecule has 21 heavy (non-hydrogen) atoms. The lowest BCUT2D eigenvalue weighted by atomic mass is 9.75. The van der Waals surface area contributed by atoms with E-state index in [4.69, 9.17) is 5.73 Å². The Labute approximate surface area is 128 Å². The molecule has 0 radical (unpaired) electrons. The highest BCUT2D eigenvalue weighted by Crippen LogP contribution is 2.35. The van der Waals surface area contributed by atoms with E-state index in [1.54, 1.807) is 0 Å². The number of guanidine groups is 1. The standard InChI is InChI=1S/C17H28N4/c1-14-8-7-11-17(12-14,21(2)3)13-19-16(18)20-15-9-5-4-6-10-15/h4-6,9-10,14H,7-8,11-13H2,1-3H3,(H3,18,19,20). The number of aliphatic imine (C=N–C) groups is 1. The SMILES string of the molecule is CC1CCCC(CN=C(N)Nc2ccccc2)(N(C)C)C1. The molecule has 1 fully saturated rings. The molecular weight excluding hydrogens is 260 g/mol. The van der Waals surface area contributed by atoms with Crippen molar-refractivity contribution < 1.29 is 0 Å². The number of rotatable bonds is 4. The first-order valence-electron chi connectivity index (χ1n) is 7.81. The van der Waals surface area contributed by atoms with E-state index < -0.39 is 0 Å². The van der Waals surface area contributed by atoms with Crippen molar-refractivity contribution in [2.75, 3.05) is 26.0 Å². The molecule has 4 nitrogen and oxygen atoms in total. The molecule has 1 aromatic rings. The topological polar surface area (TPSA) is 53.6 Å². The molecule has 0 bridgehead atoms. The van der Waals surface area contributed by atoms with Gasteiger partial charge in [0.25, 0.3) is 0 Å². The zero-order valence-corrected chi connectivity index (χ0v) is 13.5. The van der Waals surface area contributed by atoms with Crippen molar-refractivity contribution in [3.05, 3.63) is 30.3 Å². The molecule has 2 atom stereocenters. The third kappa shape index (κ3) is 4.21. The van der Waals surface area contributed by atoms with Gasteiger partial charge in [0.05, 0.1) is 6.54 Å². The molecule has 1 aliphatic carbocycles. The normalized spacial score (nSPS) is 26.9. The second-order valence-electron chi connectivity index (χ2n) is 6.51. The summed E-state index contributed by atoms with van der Waals surface area (Å²) in [6.07, 6.45) is 5.01. The van der Waals surface area contributed by atoms with Gasteiger partial charge in [-0.1, -0.05) is 38.0 Å². The molecular formula is C17H28N4. The zero-order chi connectivity index (χ0) is 15.3. The Kier molecular flexibility index (Phi) is 5.23. The van der Waals surface area contributed by atoms with Crippen molar-refractivity contribution in [3.8, 4) is 0 Å². The van der Waals surface area contributed by atoms with Crippen molar-refractivity contribution in [3.63, 3.8) is 0 Å². The van der Waals surface area contributed by atoms with Gasteiger partial charge >= 0.3 is 0 Å². The van der Waals surface area contributed by atoms with Crippen LogP contribution in [0.1, 0.15) is 32.6 Å². The van der Waals surface area contributed by atoms with Crippen LogP contribution in [0.15, 0.2) is 35.3 Å². The summed E-state index contributed by atoms with van der Waals surface area (Å²) < 4.78 is 0. The summed E-state index contributed by atoms with van der Waals surface area (Å²) in [4.78, 5) is 6.95. The summed E-state index contributed by atoms with van der Waals surface area (Å²) in [5, 5.41) is 3.16. The van der Waals surface area contributed by atoms with Crippen LogP contribution in [-0.2, 0) is 0 Å². The van der Waals surface area contributed by atoms with E-state index >= 15 is 0 Å². The number of hydrogen-bond donors (Lipinski definition) is 2. The van der Waals surface area contributed by atoms with E-state index in [1.165, 1.54) is 25.7 Å². The van der Waals surface area contributed by atoms with Crippen molar-refractivity contribution >= 4 is 11.6 Å². The Hall–Kier alpha value is -1.55. The van der Waals surface area contributed by atoms with E-state index in [2.05, 4.69) is 36.2 Å². The lowest BCUT2D eigenvalue weighted by molar-refractivity contribution is 0.0846. The minimum Gasteiger partial charge on any atom is -0.370 e. The number of hydrogen-bond acceptors (Lipinski definition) is 2. The fraction of sp³-hybridized carbons (Fsp3) is 0.588. The number of likely N-dealkylation sites (N-methyl/N-ethyl adjacent to an activating group) is 1. The molecule has 0 heterocycles. The van der Waals surface area contributed by atoms with Gasteiger partial charge in [0, 0.05) is 11.2 Å². The van der Waals surface area contributed by atoms with Gasteiger partial charge in [0.1, 0.15) is 0 Å². The van der Waals surface area contributed by atoms with Crippen LogP contribution in [0.3, 0.4) is 0 Å². The maximum Gasteiger partial charge on any atom is 0.193 e. The smallest absolute Gasteiger partial charge is 0.193 e. The predicted molar refractivity (Wildman–Crippen MR) is 90.6 cm³/mol. The monoisotopic (exact) mass is 288 g/mol. The molecule has 1 aliphatic rings. The largest absolute Gasteiger partial charge is 0.370 e. The number of benzene rings is 1. The third-order valence-corrected chi connectivity index (χ3v) is 4.61. The van der Waals surface area contributed by atoms with Gasteiger partial charge in [-0.2, -0.15) is 0 Å². The molecule has 0 saturated heterocycles. The Morgan fingerprint density at radius 3 is 2.71 bits per heavy atom. The maximum atomic E-state index is 6.04. The first-order valence-corrected chi connectivity index (χ1v) is 7.81. The lowest BCUT2D eigenvalue weighted by Crippen LogP contribution is -2.50. The summed E-state index contributed by atoms with van der Waals surface area (Å²) in [7, 11) is 4.32. The minimum absolute atomic E-state index is 0.153. The molecule has 1 aromatic carbocycles. The van der Waals surface area contributed by atoms with Gasteiger partial charge in [0.2, 0.25) is 0 Å². The zero-order valence-electron chi connectivity index (χ0n) is 13.5. The van der Waals surface area contributed by atoms with E-state index in [1.807, 2.05) is 30.3 Å². The van der Waals surface area contributed by atoms with Crippen LogP contribution in [0, 0.1) is 5.92 Å². The Morgan fingerprint density at radius 1 is 1.38 bits per heavy atom. The number of para-hydroxylation sites is 1. The maximum absolute atomic E-state index is 6.04. The van der Waals surface area contributed by atoms with Crippen LogP contribution >= 0.6 is 0 Å². The fourth-order valence-corrected chi connectivity index (χ4v) is 3.26. The summed E-state index contributed by atoms with van der Waals surface area (Å²) in [5.41, 5.74) is 7.17. The van der Waals surface area contributed by atoms with E-state index in [0.29, 0.717) is 5.96 Å². The highest BCUT2D eigenvalue weighted by Gasteiger charge is 2.36. The first kappa shape index (κ1) is 15.8. The summed E-state index contributed by atoms with van der Waals surface area (Å²) >= 11 is 0. The van der Waals surface area contributed by atoms with E-state index in [9.17, 15) is 0 Å². The Morgan fingerprint density at radius 2 is 2.10 bits per heavy atom. The minimum atomic E-state index is 0.153. The van der Waals surface area contributed by atoms with Gasteiger partial charge in [-0.05, 0) is 45.0 Å². The van der Waals surface area contributed by atoms with Gasteiger partial charge in [0.15, 0.2) is 5.96 Å². The van der Waals surface area contributed by atoms with Crippen LogP contribution in [0.4, 0.5) is 5.69 Å². The van der Waals surface area contributed by atoms with Crippen LogP contribution < -0.4 is 11.1 Å². The van der Waals surface area contributed by atoms with Gasteiger partial charge in [-0.15, -0.1) is 0 Å². The molecule has 0 aliphatic heterocycles. The van der Waals surface area contributed by atoms with Crippen molar-refractivity contribution in [1.29, 1.82) is 0 Å². The summed E-state index contributed by atoms with van der Waals surface area (Å²) in [6.45, 7) is 3.10. The van der Waals surface area contributed by atoms with Crippen molar-refractivity contribution in [1.82, 2.24) is 4.90 Å². The van der Waals surface area contributed by atoms with Crippen LogP contribution in [-0.4, -0.2) is 37.0 Å². The molecule has 1 saturated carbocycles. The van der Waals surface area contributed by atoms with Gasteiger partial charge in [-0.3, -0.25) is 4.99 Å². The highest BCUT2D eigenvalue weighted by molar-refractivity contribution is 5.92. The molecule has 4 heteroatoms. The number of nitrogens with one attached hydrogen (secondary N) is 1. The Balaban J connectivity index is 2.02. The van der Waals surface area contributed by atoms with Gasteiger partial charge in [-0.25, -0.2) is 0 Å². The second kappa shape index (κ2) is 6.94. The average molecular weight is 288 g/mol. The molecule has 2 unspecified atom stereocenters. The summed E-state index contributed by atoms with van der Waals surface area (Å²) in [6, 6.07) is 9.95. The summed E-state index contributed by atoms with van der Waals surface area (Å²) in [5.74, 6) is 1.26. The molecule has 0 aromatic heterocycles. The van der Waals surface area contributed by atoms with Crippen LogP contribution in [0.2, 0.25) is 0 Å². The van der Waals surface area contributed by atoms with E-state index in [0.717, 1.165) is 18.2 Å². The second-order valence-corrected chi connectivity index (χ2v) is 6.51. The highest BCUT2D eigenvalue weighted by atomic mass is 15.2. The molecule has 0 amide bonds.